The van der Waals surface area contributed by atoms with E-state index in [4.69, 9.17) is 0 Å². The zero-order valence-electron chi connectivity index (χ0n) is 14.4. The number of aromatic nitrogens is 2. The Labute approximate surface area is 159 Å². The van der Waals surface area contributed by atoms with Gasteiger partial charge in [-0.3, -0.25) is 10.00 Å². The van der Waals surface area contributed by atoms with Crippen LogP contribution >= 0.6 is 15.9 Å². The van der Waals surface area contributed by atoms with Crippen molar-refractivity contribution in [2.75, 3.05) is 10.6 Å². The summed E-state index contributed by atoms with van der Waals surface area (Å²) in [6.07, 6.45) is 1.69. The average Bonchev–Trinajstić information content (AvgIpc) is 2.92. The van der Waals surface area contributed by atoms with Crippen molar-refractivity contribution in [1.82, 2.24) is 9.78 Å². The Morgan fingerprint density at radius 1 is 1.19 bits per heavy atom. The van der Waals surface area contributed by atoms with Gasteiger partial charge in [0.15, 0.2) is 5.82 Å². The molecule has 0 saturated carbocycles. The number of carbonyl (C=O) groups is 1. The number of nitrogens with one attached hydrogen (secondary N) is 2. The number of rotatable bonds is 4. The first-order valence-corrected chi connectivity index (χ1v) is 8.83. The fourth-order valence-corrected chi connectivity index (χ4v) is 2.99. The molecule has 134 valence electrons. The number of benzene rings is 2. The molecule has 0 unspecified atom stereocenters. The minimum absolute atomic E-state index is 0.269. The average molecular weight is 417 g/mol. The molecule has 0 bridgehead atoms. The van der Waals surface area contributed by atoms with Gasteiger partial charge in [-0.1, -0.05) is 35.9 Å². The van der Waals surface area contributed by atoms with Crippen LogP contribution in [0.5, 0.6) is 0 Å². The van der Waals surface area contributed by atoms with Gasteiger partial charge in [0, 0.05) is 17.4 Å². The third kappa shape index (κ3) is 4.29. The highest BCUT2D eigenvalue weighted by Crippen LogP contribution is 2.22. The monoisotopic (exact) mass is 416 g/mol. The van der Waals surface area contributed by atoms with Crippen molar-refractivity contribution in [2.24, 2.45) is 0 Å². The number of nitrogens with zero attached hydrogens (tertiary/aromatic N) is 2. The van der Waals surface area contributed by atoms with Crippen molar-refractivity contribution >= 4 is 33.5 Å². The molecule has 3 rings (SSSR count). The van der Waals surface area contributed by atoms with Crippen LogP contribution in [0.2, 0.25) is 0 Å². The van der Waals surface area contributed by atoms with E-state index < -0.39 is 6.03 Å². The van der Waals surface area contributed by atoms with Crippen molar-refractivity contribution < 1.29 is 9.18 Å². The molecule has 0 atom stereocenters. The van der Waals surface area contributed by atoms with Gasteiger partial charge >= 0.3 is 6.03 Å². The molecule has 26 heavy (non-hydrogen) atoms. The van der Waals surface area contributed by atoms with E-state index in [0.717, 1.165) is 16.8 Å². The predicted molar refractivity (Wildman–Crippen MR) is 104 cm³/mol. The van der Waals surface area contributed by atoms with E-state index in [1.54, 1.807) is 29.1 Å². The maximum atomic E-state index is 13.8. The molecular formula is C19H18BrFN4O. The lowest BCUT2D eigenvalue weighted by Gasteiger charge is -2.09. The van der Waals surface area contributed by atoms with Crippen LogP contribution in [-0.4, -0.2) is 15.8 Å². The summed E-state index contributed by atoms with van der Waals surface area (Å²) in [6.45, 7) is 4.20. The van der Waals surface area contributed by atoms with Crippen molar-refractivity contribution in [1.29, 1.82) is 0 Å². The van der Waals surface area contributed by atoms with Crippen LogP contribution in [0.1, 0.15) is 16.7 Å². The minimum atomic E-state index is -0.395. The molecule has 2 aromatic carbocycles. The van der Waals surface area contributed by atoms with Crippen LogP contribution in [0.15, 0.2) is 53.1 Å². The summed E-state index contributed by atoms with van der Waals surface area (Å²) in [5.41, 5.74) is 3.36. The van der Waals surface area contributed by atoms with Gasteiger partial charge in [0.1, 0.15) is 5.82 Å². The van der Waals surface area contributed by atoms with Crippen molar-refractivity contribution in [3.05, 3.63) is 75.6 Å². The van der Waals surface area contributed by atoms with Gasteiger partial charge in [0.25, 0.3) is 0 Å². The standard InChI is InChI=1S/C19H18BrFN4O/c1-12-7-8-17(13(2)9-12)22-19(26)23-18-15(20)11-25(24-18)10-14-5-3-4-6-16(14)21/h3-9,11H,10H2,1-2H3,(H2,22,23,24,26). The second-order valence-electron chi connectivity index (χ2n) is 6.01. The second-order valence-corrected chi connectivity index (χ2v) is 6.87. The van der Waals surface area contributed by atoms with Crippen molar-refractivity contribution in [2.45, 2.75) is 20.4 Å². The number of hydrogen-bond acceptors (Lipinski definition) is 2. The molecule has 0 aliphatic rings. The summed E-state index contributed by atoms with van der Waals surface area (Å²) in [4.78, 5) is 12.2. The molecule has 0 spiro atoms. The van der Waals surface area contributed by atoms with Crippen LogP contribution in [0.3, 0.4) is 0 Å². The summed E-state index contributed by atoms with van der Waals surface area (Å²) in [5.74, 6) is 0.0739. The van der Waals surface area contributed by atoms with E-state index in [0.29, 0.717) is 15.9 Å². The topological polar surface area (TPSA) is 59.0 Å². The molecule has 7 heteroatoms. The highest BCUT2D eigenvalue weighted by Gasteiger charge is 2.12. The molecule has 0 aliphatic carbocycles. The van der Waals surface area contributed by atoms with Gasteiger partial charge in [-0.2, -0.15) is 5.10 Å². The Morgan fingerprint density at radius 3 is 2.69 bits per heavy atom. The van der Waals surface area contributed by atoms with Crippen molar-refractivity contribution in [3.63, 3.8) is 0 Å². The van der Waals surface area contributed by atoms with E-state index in [9.17, 15) is 9.18 Å². The molecule has 0 fully saturated rings. The molecule has 0 aliphatic heterocycles. The Balaban J connectivity index is 1.69. The van der Waals surface area contributed by atoms with E-state index in [2.05, 4.69) is 31.7 Å². The smallest absolute Gasteiger partial charge is 0.307 e. The predicted octanol–water partition coefficient (Wildman–Crippen LogP) is 5.09. The first-order valence-electron chi connectivity index (χ1n) is 8.04. The number of amides is 2. The maximum Gasteiger partial charge on any atom is 0.324 e. The number of halogens is 2. The highest BCUT2D eigenvalue weighted by molar-refractivity contribution is 9.10. The summed E-state index contributed by atoms with van der Waals surface area (Å²) in [7, 11) is 0. The second kappa shape index (κ2) is 7.70. The minimum Gasteiger partial charge on any atom is -0.307 e. The lowest BCUT2D eigenvalue weighted by molar-refractivity contribution is 0.262. The number of hydrogen-bond donors (Lipinski definition) is 2. The van der Waals surface area contributed by atoms with Gasteiger partial charge in [0.05, 0.1) is 11.0 Å². The summed E-state index contributed by atoms with van der Waals surface area (Å²) in [6, 6.07) is 11.9. The van der Waals surface area contributed by atoms with E-state index in [-0.39, 0.29) is 12.4 Å². The lowest BCUT2D eigenvalue weighted by Crippen LogP contribution is -2.20. The molecule has 0 radical (unpaired) electrons. The van der Waals surface area contributed by atoms with Crippen molar-refractivity contribution in [3.8, 4) is 0 Å². The third-order valence-corrected chi connectivity index (χ3v) is 4.45. The fraction of sp³-hybridized carbons (Fsp3) is 0.158. The van der Waals surface area contributed by atoms with Gasteiger partial charge < -0.3 is 5.32 Å². The number of urea groups is 1. The third-order valence-electron chi connectivity index (χ3n) is 3.87. The maximum absolute atomic E-state index is 13.8. The first kappa shape index (κ1) is 18.1. The highest BCUT2D eigenvalue weighted by atomic mass is 79.9. The SMILES string of the molecule is Cc1ccc(NC(=O)Nc2nn(Cc3ccccc3F)cc2Br)c(C)c1. The van der Waals surface area contributed by atoms with Gasteiger partial charge in [-0.15, -0.1) is 0 Å². The summed E-state index contributed by atoms with van der Waals surface area (Å²) >= 11 is 3.37. The molecule has 5 nitrogen and oxygen atoms in total. The number of anilines is 2. The van der Waals surface area contributed by atoms with Crippen LogP contribution in [0, 0.1) is 19.7 Å². The normalized spacial score (nSPS) is 10.6. The Bertz CT molecular complexity index is 954. The Morgan fingerprint density at radius 2 is 1.96 bits per heavy atom. The van der Waals surface area contributed by atoms with Gasteiger partial charge in [0.2, 0.25) is 0 Å². The molecule has 3 aromatic rings. The molecule has 0 saturated heterocycles. The molecule has 1 aromatic heterocycles. The lowest BCUT2D eigenvalue weighted by atomic mass is 10.1. The van der Waals surface area contributed by atoms with E-state index in [1.165, 1.54) is 6.07 Å². The zero-order chi connectivity index (χ0) is 18.7. The molecule has 2 N–H and O–H groups in total. The summed E-state index contributed by atoms with van der Waals surface area (Å²) < 4.78 is 15.9. The van der Waals surface area contributed by atoms with Gasteiger partial charge in [-0.05, 0) is 47.5 Å². The van der Waals surface area contributed by atoms with Crippen LogP contribution in [0.4, 0.5) is 20.7 Å². The molecule has 2 amide bonds. The zero-order valence-corrected chi connectivity index (χ0v) is 16.0. The first-order chi connectivity index (χ1) is 12.4. The van der Waals surface area contributed by atoms with Gasteiger partial charge in [-0.25, -0.2) is 9.18 Å². The fourth-order valence-electron chi connectivity index (χ4n) is 2.58. The Kier molecular flexibility index (Phi) is 5.37. The van der Waals surface area contributed by atoms with E-state index in [1.807, 2.05) is 32.0 Å². The van der Waals surface area contributed by atoms with E-state index >= 15 is 0 Å². The number of aryl methyl sites for hydroxylation is 2. The summed E-state index contributed by atoms with van der Waals surface area (Å²) in [5, 5.41) is 9.80. The van der Waals surface area contributed by atoms with Crippen LogP contribution < -0.4 is 10.6 Å². The van der Waals surface area contributed by atoms with Crippen LogP contribution in [-0.2, 0) is 6.54 Å². The largest absolute Gasteiger partial charge is 0.324 e. The Hall–Kier alpha value is -2.67. The quantitative estimate of drug-likeness (QED) is 0.621. The van der Waals surface area contributed by atoms with Crippen LogP contribution in [0.25, 0.3) is 0 Å². The molecular weight excluding hydrogens is 399 g/mol. The molecule has 1 heterocycles. The number of carbonyl (C=O) groups excluding carboxylic acids is 1.